The Kier molecular flexibility index (Phi) is 2.60. The molecule has 1 aliphatic carbocycles. The summed E-state index contributed by atoms with van der Waals surface area (Å²) in [4.78, 5) is 0. The van der Waals surface area contributed by atoms with E-state index in [1.54, 1.807) is 0 Å². The molecule has 2 heteroatoms. The van der Waals surface area contributed by atoms with Crippen molar-refractivity contribution in [2.45, 2.75) is 38.2 Å². The molecule has 1 aromatic rings. The highest BCUT2D eigenvalue weighted by atomic mass is 16.5. The number of rotatable bonds is 2. The van der Waals surface area contributed by atoms with E-state index in [1.165, 1.54) is 24.8 Å². The van der Waals surface area contributed by atoms with E-state index in [0.717, 1.165) is 30.8 Å². The molecule has 0 bridgehead atoms. The second kappa shape index (κ2) is 4.10. The van der Waals surface area contributed by atoms with Gasteiger partial charge < -0.3 is 9.84 Å². The van der Waals surface area contributed by atoms with Crippen LogP contribution in [-0.4, -0.2) is 11.7 Å². The highest BCUT2D eigenvalue weighted by Gasteiger charge is 2.27. The SMILES string of the molecule is OC(c1ccc2c(c1)CCCO2)C1CCC1. The first kappa shape index (κ1) is 10.2. The summed E-state index contributed by atoms with van der Waals surface area (Å²) in [6, 6.07) is 6.18. The molecular weight excluding hydrogens is 200 g/mol. The molecule has 1 unspecified atom stereocenters. The van der Waals surface area contributed by atoms with Crippen LogP contribution in [-0.2, 0) is 6.42 Å². The fourth-order valence-corrected chi connectivity index (χ4v) is 2.59. The molecule has 0 aromatic heterocycles. The van der Waals surface area contributed by atoms with Gasteiger partial charge in [0.15, 0.2) is 0 Å². The van der Waals surface area contributed by atoms with Crippen molar-refractivity contribution in [3.63, 3.8) is 0 Å². The third kappa shape index (κ3) is 1.71. The molecule has 1 aliphatic heterocycles. The maximum Gasteiger partial charge on any atom is 0.122 e. The van der Waals surface area contributed by atoms with Gasteiger partial charge in [-0.25, -0.2) is 0 Å². The number of aliphatic hydroxyl groups excluding tert-OH is 1. The topological polar surface area (TPSA) is 29.5 Å². The summed E-state index contributed by atoms with van der Waals surface area (Å²) >= 11 is 0. The molecule has 1 heterocycles. The van der Waals surface area contributed by atoms with Gasteiger partial charge in [0.25, 0.3) is 0 Å². The Morgan fingerprint density at radius 1 is 1.25 bits per heavy atom. The van der Waals surface area contributed by atoms with Crippen LogP contribution in [0.3, 0.4) is 0 Å². The first-order valence-corrected chi connectivity index (χ1v) is 6.28. The molecule has 0 radical (unpaired) electrons. The van der Waals surface area contributed by atoms with Gasteiger partial charge in [0.1, 0.15) is 5.75 Å². The molecule has 1 aromatic carbocycles. The van der Waals surface area contributed by atoms with E-state index in [0.29, 0.717) is 5.92 Å². The molecule has 16 heavy (non-hydrogen) atoms. The predicted octanol–water partition coefficient (Wildman–Crippen LogP) is 2.85. The minimum absolute atomic E-state index is 0.263. The molecule has 1 N–H and O–H groups in total. The highest BCUT2D eigenvalue weighted by molar-refractivity contribution is 5.39. The Morgan fingerprint density at radius 2 is 2.12 bits per heavy atom. The van der Waals surface area contributed by atoms with Crippen LogP contribution in [0.25, 0.3) is 0 Å². The number of benzene rings is 1. The maximum atomic E-state index is 10.2. The monoisotopic (exact) mass is 218 g/mol. The molecule has 0 saturated heterocycles. The summed E-state index contributed by atoms with van der Waals surface area (Å²) in [5.41, 5.74) is 2.34. The van der Waals surface area contributed by atoms with Gasteiger partial charge >= 0.3 is 0 Å². The minimum Gasteiger partial charge on any atom is -0.493 e. The largest absolute Gasteiger partial charge is 0.493 e. The Morgan fingerprint density at radius 3 is 2.88 bits per heavy atom. The number of hydrogen-bond donors (Lipinski definition) is 1. The number of aliphatic hydroxyl groups is 1. The zero-order valence-corrected chi connectivity index (χ0v) is 9.48. The van der Waals surface area contributed by atoms with E-state index >= 15 is 0 Å². The van der Waals surface area contributed by atoms with E-state index in [4.69, 9.17) is 4.74 Å². The molecule has 0 spiro atoms. The predicted molar refractivity (Wildman–Crippen MR) is 62.6 cm³/mol. The lowest BCUT2D eigenvalue weighted by Gasteiger charge is -2.31. The van der Waals surface area contributed by atoms with Crippen molar-refractivity contribution < 1.29 is 9.84 Å². The summed E-state index contributed by atoms with van der Waals surface area (Å²) in [5.74, 6) is 1.50. The molecule has 2 nitrogen and oxygen atoms in total. The number of fused-ring (bicyclic) bond motifs is 1. The van der Waals surface area contributed by atoms with Gasteiger partial charge in [-0.1, -0.05) is 12.5 Å². The molecule has 3 rings (SSSR count). The van der Waals surface area contributed by atoms with E-state index < -0.39 is 0 Å². The highest BCUT2D eigenvalue weighted by Crippen LogP contribution is 2.39. The van der Waals surface area contributed by atoms with Gasteiger partial charge in [0.2, 0.25) is 0 Å². The molecular formula is C14H18O2. The van der Waals surface area contributed by atoms with Crippen molar-refractivity contribution in [2.24, 2.45) is 5.92 Å². The zero-order valence-electron chi connectivity index (χ0n) is 9.48. The van der Waals surface area contributed by atoms with E-state index in [-0.39, 0.29) is 6.10 Å². The first-order chi connectivity index (χ1) is 7.84. The van der Waals surface area contributed by atoms with Gasteiger partial charge in [0, 0.05) is 0 Å². The van der Waals surface area contributed by atoms with Crippen molar-refractivity contribution >= 4 is 0 Å². The second-order valence-corrected chi connectivity index (χ2v) is 4.95. The summed E-state index contributed by atoms with van der Waals surface area (Å²) in [6.45, 7) is 0.831. The van der Waals surface area contributed by atoms with E-state index in [1.807, 2.05) is 12.1 Å². The fourth-order valence-electron chi connectivity index (χ4n) is 2.59. The van der Waals surface area contributed by atoms with Crippen LogP contribution < -0.4 is 4.74 Å². The summed E-state index contributed by atoms with van der Waals surface area (Å²) in [6.07, 6.45) is 5.54. The van der Waals surface area contributed by atoms with Crippen LogP contribution >= 0.6 is 0 Å². The lowest BCUT2D eigenvalue weighted by atomic mass is 9.78. The molecule has 1 fully saturated rings. The average molecular weight is 218 g/mol. The summed E-state index contributed by atoms with van der Waals surface area (Å²) in [7, 11) is 0. The molecule has 1 atom stereocenters. The average Bonchev–Trinajstić information content (AvgIpc) is 2.26. The van der Waals surface area contributed by atoms with E-state index in [2.05, 4.69) is 6.07 Å². The van der Waals surface area contributed by atoms with Crippen LogP contribution in [0, 0.1) is 5.92 Å². The minimum atomic E-state index is -0.263. The van der Waals surface area contributed by atoms with Crippen LogP contribution in [0.5, 0.6) is 5.75 Å². The summed E-state index contributed by atoms with van der Waals surface area (Å²) in [5, 5.41) is 10.2. The Bertz CT molecular complexity index is 382. The lowest BCUT2D eigenvalue weighted by molar-refractivity contribution is 0.0619. The third-order valence-electron chi connectivity index (χ3n) is 3.87. The maximum absolute atomic E-state index is 10.2. The van der Waals surface area contributed by atoms with Gasteiger partial charge in [-0.05, 0) is 54.9 Å². The van der Waals surface area contributed by atoms with Crippen molar-refractivity contribution in [1.82, 2.24) is 0 Å². The second-order valence-electron chi connectivity index (χ2n) is 4.95. The Balaban J connectivity index is 1.84. The van der Waals surface area contributed by atoms with Crippen LogP contribution in [0.4, 0.5) is 0 Å². The lowest BCUT2D eigenvalue weighted by Crippen LogP contribution is -2.20. The first-order valence-electron chi connectivity index (χ1n) is 6.28. The zero-order chi connectivity index (χ0) is 11.0. The van der Waals surface area contributed by atoms with Crippen molar-refractivity contribution in [1.29, 1.82) is 0 Å². The number of aryl methyl sites for hydroxylation is 1. The number of ether oxygens (including phenoxy) is 1. The van der Waals surface area contributed by atoms with Crippen molar-refractivity contribution in [3.05, 3.63) is 29.3 Å². The number of hydrogen-bond acceptors (Lipinski definition) is 2. The fraction of sp³-hybridized carbons (Fsp3) is 0.571. The van der Waals surface area contributed by atoms with Crippen LogP contribution in [0.2, 0.25) is 0 Å². The molecule has 1 saturated carbocycles. The summed E-state index contributed by atoms with van der Waals surface area (Å²) < 4.78 is 5.58. The van der Waals surface area contributed by atoms with Crippen LogP contribution in [0.15, 0.2) is 18.2 Å². The van der Waals surface area contributed by atoms with Gasteiger partial charge in [-0.15, -0.1) is 0 Å². The van der Waals surface area contributed by atoms with Gasteiger partial charge in [-0.3, -0.25) is 0 Å². The van der Waals surface area contributed by atoms with Gasteiger partial charge in [0.05, 0.1) is 12.7 Å². The Labute approximate surface area is 96.2 Å². The molecule has 86 valence electrons. The van der Waals surface area contributed by atoms with Gasteiger partial charge in [-0.2, -0.15) is 0 Å². The third-order valence-corrected chi connectivity index (χ3v) is 3.87. The smallest absolute Gasteiger partial charge is 0.122 e. The molecule has 0 amide bonds. The van der Waals surface area contributed by atoms with Crippen LogP contribution in [0.1, 0.15) is 42.9 Å². The standard InChI is InChI=1S/C14H18O2/c15-14(10-3-1-4-10)12-6-7-13-11(9-12)5-2-8-16-13/h6-7,9-10,14-15H,1-5,8H2. The molecule has 2 aliphatic rings. The van der Waals surface area contributed by atoms with E-state index in [9.17, 15) is 5.11 Å². The quantitative estimate of drug-likeness (QED) is 0.827. The van der Waals surface area contributed by atoms with Crippen molar-refractivity contribution in [3.8, 4) is 5.75 Å². The normalized spacial score (nSPS) is 21.8. The Hall–Kier alpha value is -1.02. The van der Waals surface area contributed by atoms with Crippen molar-refractivity contribution in [2.75, 3.05) is 6.61 Å².